The molecule has 1 aliphatic heterocycles. The van der Waals surface area contributed by atoms with Crippen LogP contribution >= 0.6 is 0 Å². The number of carbonyl (C=O) groups excluding carboxylic acids is 1. The third-order valence-electron chi connectivity index (χ3n) is 5.09. The number of rotatable bonds is 4. The van der Waals surface area contributed by atoms with E-state index in [1.165, 1.54) is 0 Å². The molecule has 7 heteroatoms. The van der Waals surface area contributed by atoms with Crippen molar-refractivity contribution in [2.24, 2.45) is 0 Å². The van der Waals surface area contributed by atoms with Crippen LogP contribution in [0.3, 0.4) is 0 Å². The third kappa shape index (κ3) is 3.68. The van der Waals surface area contributed by atoms with Crippen molar-refractivity contribution in [3.63, 3.8) is 0 Å². The smallest absolute Gasteiger partial charge is 0.319 e. The minimum absolute atomic E-state index is 0.0808. The molecule has 0 aliphatic carbocycles. The summed E-state index contributed by atoms with van der Waals surface area (Å²) >= 11 is 0. The molecule has 1 aromatic carbocycles. The highest BCUT2D eigenvalue weighted by Gasteiger charge is 2.30. The number of urea groups is 1. The summed E-state index contributed by atoms with van der Waals surface area (Å²) in [7, 11) is 0. The summed E-state index contributed by atoms with van der Waals surface area (Å²) in [6.45, 7) is 5.55. The van der Waals surface area contributed by atoms with Crippen LogP contribution in [-0.2, 0) is 11.3 Å². The molecule has 27 heavy (non-hydrogen) atoms. The maximum absolute atomic E-state index is 12.6. The van der Waals surface area contributed by atoms with Gasteiger partial charge in [-0.3, -0.25) is 4.68 Å². The van der Waals surface area contributed by atoms with E-state index in [0.29, 0.717) is 6.61 Å². The molecule has 3 N–H and O–H groups in total. The summed E-state index contributed by atoms with van der Waals surface area (Å²) in [4.78, 5) is 15.8. The molecule has 7 nitrogen and oxygen atoms in total. The van der Waals surface area contributed by atoms with E-state index in [1.54, 1.807) is 0 Å². The number of H-pyrrole nitrogens is 1. The second-order valence-electron chi connectivity index (χ2n) is 7.00. The molecule has 0 bridgehead atoms. The van der Waals surface area contributed by atoms with E-state index in [-0.39, 0.29) is 18.2 Å². The monoisotopic (exact) mass is 367 g/mol. The van der Waals surface area contributed by atoms with Gasteiger partial charge < -0.3 is 20.4 Å². The Labute approximate surface area is 158 Å². The number of ether oxygens (including phenoxy) is 1. The Balaban J connectivity index is 1.47. The molecular formula is C20H25N5O2. The SMILES string of the molecule is CCn1cc([C@H]2OCCC[C@@H]2NC(=O)Nc2cc3[nH]ccc3cc2C)cn1. The van der Waals surface area contributed by atoms with E-state index in [9.17, 15) is 4.79 Å². The number of aromatic nitrogens is 3. The number of nitrogens with zero attached hydrogens (tertiary/aromatic N) is 2. The van der Waals surface area contributed by atoms with Crippen molar-refractivity contribution in [1.29, 1.82) is 0 Å². The van der Waals surface area contributed by atoms with Crippen molar-refractivity contribution in [3.05, 3.63) is 47.9 Å². The summed E-state index contributed by atoms with van der Waals surface area (Å²) in [6.07, 6.45) is 7.35. The van der Waals surface area contributed by atoms with Gasteiger partial charge in [0.15, 0.2) is 0 Å². The van der Waals surface area contributed by atoms with Crippen molar-refractivity contribution in [3.8, 4) is 0 Å². The number of nitrogens with one attached hydrogen (secondary N) is 3. The lowest BCUT2D eigenvalue weighted by molar-refractivity contribution is -0.00701. The lowest BCUT2D eigenvalue weighted by atomic mass is 9.98. The van der Waals surface area contributed by atoms with Gasteiger partial charge in [0.25, 0.3) is 0 Å². The van der Waals surface area contributed by atoms with Crippen molar-refractivity contribution < 1.29 is 9.53 Å². The lowest BCUT2D eigenvalue weighted by Gasteiger charge is -2.31. The minimum Gasteiger partial charge on any atom is -0.371 e. The number of aromatic amines is 1. The summed E-state index contributed by atoms with van der Waals surface area (Å²) in [5.41, 5.74) is 3.83. The molecule has 0 radical (unpaired) electrons. The molecule has 2 atom stereocenters. The second kappa shape index (κ2) is 7.44. The predicted octanol–water partition coefficient (Wildman–Crippen LogP) is 3.73. The Kier molecular flexibility index (Phi) is 4.85. The van der Waals surface area contributed by atoms with Gasteiger partial charge in [-0.1, -0.05) is 0 Å². The number of aryl methyl sites for hydroxylation is 2. The Hall–Kier alpha value is -2.80. The zero-order valence-corrected chi connectivity index (χ0v) is 15.7. The number of fused-ring (bicyclic) bond motifs is 1. The molecule has 3 heterocycles. The fourth-order valence-electron chi connectivity index (χ4n) is 3.63. The van der Waals surface area contributed by atoms with Crippen LogP contribution in [0, 0.1) is 6.92 Å². The van der Waals surface area contributed by atoms with Crippen LogP contribution in [0.4, 0.5) is 10.5 Å². The molecule has 142 valence electrons. The third-order valence-corrected chi connectivity index (χ3v) is 5.09. The molecule has 1 fully saturated rings. The number of hydrogen-bond donors (Lipinski definition) is 3. The van der Waals surface area contributed by atoms with Crippen LogP contribution in [0.1, 0.15) is 37.0 Å². The number of carbonyl (C=O) groups is 1. The van der Waals surface area contributed by atoms with Crippen molar-refractivity contribution >= 4 is 22.6 Å². The molecule has 2 aromatic heterocycles. The van der Waals surface area contributed by atoms with Crippen LogP contribution in [0.5, 0.6) is 0 Å². The van der Waals surface area contributed by atoms with Gasteiger partial charge in [0, 0.05) is 42.3 Å². The summed E-state index contributed by atoms with van der Waals surface area (Å²) < 4.78 is 7.83. The van der Waals surface area contributed by atoms with Gasteiger partial charge in [-0.25, -0.2) is 4.79 Å². The number of benzene rings is 1. The van der Waals surface area contributed by atoms with E-state index in [4.69, 9.17) is 4.74 Å². The van der Waals surface area contributed by atoms with E-state index >= 15 is 0 Å². The topological polar surface area (TPSA) is 84.0 Å². The average molecular weight is 367 g/mol. The lowest BCUT2D eigenvalue weighted by Crippen LogP contribution is -2.44. The number of anilines is 1. The second-order valence-corrected chi connectivity index (χ2v) is 7.00. The van der Waals surface area contributed by atoms with Crippen LogP contribution < -0.4 is 10.6 Å². The normalized spacial score (nSPS) is 19.9. The quantitative estimate of drug-likeness (QED) is 0.657. The summed E-state index contributed by atoms with van der Waals surface area (Å²) in [6, 6.07) is 5.75. The first kappa shape index (κ1) is 17.6. The van der Waals surface area contributed by atoms with Crippen LogP contribution in [0.25, 0.3) is 10.9 Å². The van der Waals surface area contributed by atoms with E-state index < -0.39 is 0 Å². The fourth-order valence-corrected chi connectivity index (χ4v) is 3.63. The van der Waals surface area contributed by atoms with Crippen molar-refractivity contribution in [2.45, 2.75) is 45.4 Å². The van der Waals surface area contributed by atoms with Gasteiger partial charge >= 0.3 is 6.03 Å². The van der Waals surface area contributed by atoms with E-state index in [2.05, 4.69) is 26.8 Å². The van der Waals surface area contributed by atoms with Gasteiger partial charge in [0.1, 0.15) is 6.10 Å². The maximum atomic E-state index is 12.6. The highest BCUT2D eigenvalue weighted by Crippen LogP contribution is 2.28. The van der Waals surface area contributed by atoms with E-state index in [1.807, 2.05) is 49.3 Å². The summed E-state index contributed by atoms with van der Waals surface area (Å²) in [5, 5.41) is 11.5. The van der Waals surface area contributed by atoms with Crippen LogP contribution in [0.2, 0.25) is 0 Å². The van der Waals surface area contributed by atoms with Gasteiger partial charge in [-0.05, 0) is 55.8 Å². The average Bonchev–Trinajstić information content (AvgIpc) is 3.31. The molecule has 1 aliphatic rings. The van der Waals surface area contributed by atoms with Crippen molar-refractivity contribution in [1.82, 2.24) is 20.1 Å². The van der Waals surface area contributed by atoms with Crippen LogP contribution in [0.15, 0.2) is 36.8 Å². The van der Waals surface area contributed by atoms with Crippen molar-refractivity contribution in [2.75, 3.05) is 11.9 Å². The minimum atomic E-state index is -0.215. The molecule has 2 amide bonds. The van der Waals surface area contributed by atoms with Gasteiger partial charge in [0.2, 0.25) is 0 Å². The van der Waals surface area contributed by atoms with E-state index in [0.717, 1.165) is 47.1 Å². The number of hydrogen-bond acceptors (Lipinski definition) is 3. The maximum Gasteiger partial charge on any atom is 0.319 e. The number of amides is 2. The molecule has 0 spiro atoms. The Morgan fingerprint density at radius 3 is 3.15 bits per heavy atom. The standard InChI is InChI=1S/C20H25N5O2/c1-3-25-12-15(11-22-25)19-16(5-4-8-27-19)23-20(26)24-17-10-18-14(6-7-21-18)9-13(17)2/h6-7,9-12,16,19,21H,3-5,8H2,1-2H3,(H2,23,24,26)/t16-,19+/m0/s1. The largest absolute Gasteiger partial charge is 0.371 e. The predicted molar refractivity (Wildman–Crippen MR) is 105 cm³/mol. The fraction of sp³-hybridized carbons (Fsp3) is 0.400. The first-order valence-electron chi connectivity index (χ1n) is 9.43. The molecular weight excluding hydrogens is 342 g/mol. The Bertz CT molecular complexity index is 945. The molecule has 3 aromatic rings. The highest BCUT2D eigenvalue weighted by atomic mass is 16.5. The first-order valence-corrected chi connectivity index (χ1v) is 9.43. The molecule has 0 unspecified atom stereocenters. The Morgan fingerprint density at radius 2 is 2.33 bits per heavy atom. The van der Waals surface area contributed by atoms with Gasteiger partial charge in [-0.2, -0.15) is 5.10 Å². The Morgan fingerprint density at radius 1 is 1.44 bits per heavy atom. The molecule has 1 saturated heterocycles. The highest BCUT2D eigenvalue weighted by molar-refractivity contribution is 5.94. The summed E-state index contributed by atoms with van der Waals surface area (Å²) in [5.74, 6) is 0. The van der Waals surface area contributed by atoms with Gasteiger partial charge in [-0.15, -0.1) is 0 Å². The van der Waals surface area contributed by atoms with Crippen LogP contribution in [-0.4, -0.2) is 33.4 Å². The van der Waals surface area contributed by atoms with Gasteiger partial charge in [0.05, 0.1) is 12.2 Å². The zero-order chi connectivity index (χ0) is 18.8. The molecule has 0 saturated carbocycles. The first-order chi connectivity index (χ1) is 13.1. The zero-order valence-electron chi connectivity index (χ0n) is 15.7. The molecule has 4 rings (SSSR count).